The second-order valence-electron chi connectivity index (χ2n) is 6.59. The molecule has 1 fully saturated rings. The summed E-state index contributed by atoms with van der Waals surface area (Å²) in [6, 6.07) is 5.52. The van der Waals surface area contributed by atoms with E-state index in [1.165, 1.54) is 10.6 Å². The fraction of sp³-hybridized carbons (Fsp3) is 0.588. The van der Waals surface area contributed by atoms with Gasteiger partial charge in [-0.3, -0.25) is 0 Å². The van der Waals surface area contributed by atoms with Crippen LogP contribution in [0, 0.1) is 0 Å². The normalized spacial score (nSPS) is 17.9. The standard InChI is InChI=1S/C17H25N3O5S/c1-3-19(11-13-4-5-15-16(10-13)25-12-24-15)17(21)18-14-6-8-20(9-7-14)26(2,22)23/h4-5,10,14H,3,6-9,11-12H2,1-2H3,(H,18,21). The highest BCUT2D eigenvalue weighted by molar-refractivity contribution is 7.88. The highest BCUT2D eigenvalue weighted by Gasteiger charge is 2.27. The average molecular weight is 383 g/mol. The molecule has 0 radical (unpaired) electrons. The minimum atomic E-state index is -3.16. The number of ether oxygens (including phenoxy) is 2. The molecule has 2 aliphatic rings. The maximum Gasteiger partial charge on any atom is 0.317 e. The number of hydrogen-bond donors (Lipinski definition) is 1. The highest BCUT2D eigenvalue weighted by atomic mass is 32.2. The zero-order valence-electron chi connectivity index (χ0n) is 15.1. The first kappa shape index (κ1) is 18.8. The molecule has 8 nitrogen and oxygen atoms in total. The predicted molar refractivity (Wildman–Crippen MR) is 96.6 cm³/mol. The van der Waals surface area contributed by atoms with Gasteiger partial charge in [0.05, 0.1) is 6.26 Å². The number of fused-ring (bicyclic) bond motifs is 1. The van der Waals surface area contributed by atoms with Crippen molar-refractivity contribution in [2.75, 3.05) is 32.7 Å². The fourth-order valence-electron chi connectivity index (χ4n) is 3.18. The molecule has 3 rings (SSSR count). The molecule has 1 aromatic rings. The molecule has 0 bridgehead atoms. The summed E-state index contributed by atoms with van der Waals surface area (Å²) in [4.78, 5) is 14.3. The van der Waals surface area contributed by atoms with Crippen molar-refractivity contribution < 1.29 is 22.7 Å². The van der Waals surface area contributed by atoms with Gasteiger partial charge in [0.2, 0.25) is 16.8 Å². The Morgan fingerprint density at radius 1 is 1.27 bits per heavy atom. The smallest absolute Gasteiger partial charge is 0.317 e. The second-order valence-corrected chi connectivity index (χ2v) is 8.57. The maximum atomic E-state index is 12.6. The average Bonchev–Trinajstić information content (AvgIpc) is 3.07. The number of nitrogens with one attached hydrogen (secondary N) is 1. The molecule has 2 aliphatic heterocycles. The fourth-order valence-corrected chi connectivity index (χ4v) is 4.06. The molecule has 0 saturated carbocycles. The van der Waals surface area contributed by atoms with Gasteiger partial charge in [-0.1, -0.05) is 6.07 Å². The van der Waals surface area contributed by atoms with E-state index in [2.05, 4.69) is 5.32 Å². The van der Waals surface area contributed by atoms with Crippen LogP contribution in [0.4, 0.5) is 4.79 Å². The zero-order chi connectivity index (χ0) is 18.7. The monoisotopic (exact) mass is 383 g/mol. The van der Waals surface area contributed by atoms with Crippen molar-refractivity contribution in [1.82, 2.24) is 14.5 Å². The highest BCUT2D eigenvalue weighted by Crippen LogP contribution is 2.32. The molecule has 9 heteroatoms. The van der Waals surface area contributed by atoms with Crippen molar-refractivity contribution in [3.63, 3.8) is 0 Å². The second kappa shape index (κ2) is 7.71. The van der Waals surface area contributed by atoms with Gasteiger partial charge >= 0.3 is 6.03 Å². The summed E-state index contributed by atoms with van der Waals surface area (Å²) in [7, 11) is -3.16. The molecule has 0 unspecified atom stereocenters. The van der Waals surface area contributed by atoms with E-state index in [0.29, 0.717) is 44.8 Å². The Morgan fingerprint density at radius 2 is 1.96 bits per heavy atom. The summed E-state index contributed by atoms with van der Waals surface area (Å²) in [5, 5.41) is 3.02. The molecule has 1 N–H and O–H groups in total. The van der Waals surface area contributed by atoms with E-state index in [-0.39, 0.29) is 18.9 Å². The number of benzene rings is 1. The number of urea groups is 1. The van der Waals surface area contributed by atoms with Crippen molar-refractivity contribution in [2.24, 2.45) is 0 Å². The quantitative estimate of drug-likeness (QED) is 0.830. The minimum absolute atomic E-state index is 0.00805. The van der Waals surface area contributed by atoms with Gasteiger partial charge in [-0.2, -0.15) is 0 Å². The number of carbonyl (C=O) groups excluding carboxylic acids is 1. The van der Waals surface area contributed by atoms with E-state index in [4.69, 9.17) is 9.47 Å². The SMILES string of the molecule is CCN(Cc1ccc2c(c1)OCO2)C(=O)NC1CCN(S(C)(=O)=O)CC1. The van der Waals surface area contributed by atoms with Gasteiger partial charge in [-0.05, 0) is 37.5 Å². The van der Waals surface area contributed by atoms with Crippen LogP contribution in [-0.2, 0) is 16.6 Å². The lowest BCUT2D eigenvalue weighted by atomic mass is 10.1. The summed E-state index contributed by atoms with van der Waals surface area (Å²) in [6.45, 7) is 4.08. The van der Waals surface area contributed by atoms with E-state index in [1.807, 2.05) is 25.1 Å². The molecule has 0 aliphatic carbocycles. The summed E-state index contributed by atoms with van der Waals surface area (Å²) in [5.74, 6) is 1.42. The lowest BCUT2D eigenvalue weighted by Crippen LogP contribution is -2.49. The molecule has 1 aromatic carbocycles. The summed E-state index contributed by atoms with van der Waals surface area (Å²) < 4.78 is 35.3. The van der Waals surface area contributed by atoms with Crippen LogP contribution in [-0.4, -0.2) is 62.4 Å². The van der Waals surface area contributed by atoms with Crippen LogP contribution >= 0.6 is 0 Å². The van der Waals surface area contributed by atoms with Crippen molar-refractivity contribution in [1.29, 1.82) is 0 Å². The summed E-state index contributed by atoms with van der Waals surface area (Å²) >= 11 is 0. The molecule has 26 heavy (non-hydrogen) atoms. The Labute approximate surface area is 154 Å². The van der Waals surface area contributed by atoms with E-state index in [1.54, 1.807) is 4.90 Å². The molecular weight excluding hydrogens is 358 g/mol. The van der Waals surface area contributed by atoms with Crippen LogP contribution in [0.3, 0.4) is 0 Å². The molecular formula is C17H25N3O5S. The molecule has 2 amide bonds. The minimum Gasteiger partial charge on any atom is -0.454 e. The molecule has 1 saturated heterocycles. The van der Waals surface area contributed by atoms with Crippen LogP contribution in [0.2, 0.25) is 0 Å². The Bertz CT molecular complexity index is 760. The molecule has 0 spiro atoms. The van der Waals surface area contributed by atoms with Crippen LogP contribution in [0.5, 0.6) is 11.5 Å². The number of nitrogens with zero attached hydrogens (tertiary/aromatic N) is 2. The third kappa shape index (κ3) is 4.39. The Balaban J connectivity index is 1.54. The molecule has 144 valence electrons. The summed E-state index contributed by atoms with van der Waals surface area (Å²) in [6.07, 6.45) is 2.47. The zero-order valence-corrected chi connectivity index (χ0v) is 15.9. The van der Waals surface area contributed by atoms with E-state index in [0.717, 1.165) is 11.3 Å². The van der Waals surface area contributed by atoms with Gasteiger partial charge in [0, 0.05) is 32.2 Å². The van der Waals surface area contributed by atoms with Crippen molar-refractivity contribution >= 4 is 16.1 Å². The maximum absolute atomic E-state index is 12.6. The first-order chi connectivity index (χ1) is 12.4. The molecule has 0 atom stereocenters. The topological polar surface area (TPSA) is 88.2 Å². The van der Waals surface area contributed by atoms with Crippen LogP contribution in [0.1, 0.15) is 25.3 Å². The van der Waals surface area contributed by atoms with Gasteiger partial charge < -0.3 is 19.7 Å². The van der Waals surface area contributed by atoms with Crippen LogP contribution in [0.25, 0.3) is 0 Å². The number of sulfonamides is 1. The van der Waals surface area contributed by atoms with Gasteiger partial charge in [0.15, 0.2) is 11.5 Å². The van der Waals surface area contributed by atoms with Gasteiger partial charge in [-0.15, -0.1) is 0 Å². The van der Waals surface area contributed by atoms with E-state index < -0.39 is 10.0 Å². The van der Waals surface area contributed by atoms with Crippen molar-refractivity contribution in [3.8, 4) is 11.5 Å². The Morgan fingerprint density at radius 3 is 2.62 bits per heavy atom. The van der Waals surface area contributed by atoms with Crippen molar-refractivity contribution in [2.45, 2.75) is 32.4 Å². The van der Waals surface area contributed by atoms with Gasteiger partial charge in [0.1, 0.15) is 0 Å². The number of hydrogen-bond acceptors (Lipinski definition) is 5. The van der Waals surface area contributed by atoms with E-state index >= 15 is 0 Å². The van der Waals surface area contributed by atoms with Gasteiger partial charge in [-0.25, -0.2) is 17.5 Å². The largest absolute Gasteiger partial charge is 0.454 e. The lowest BCUT2D eigenvalue weighted by Gasteiger charge is -2.32. The van der Waals surface area contributed by atoms with Gasteiger partial charge in [0.25, 0.3) is 0 Å². The summed E-state index contributed by atoms with van der Waals surface area (Å²) in [5.41, 5.74) is 0.971. The third-order valence-electron chi connectivity index (χ3n) is 4.73. The molecule has 2 heterocycles. The Kier molecular flexibility index (Phi) is 5.57. The first-order valence-electron chi connectivity index (χ1n) is 8.76. The van der Waals surface area contributed by atoms with E-state index in [9.17, 15) is 13.2 Å². The number of carbonyl (C=O) groups is 1. The predicted octanol–water partition coefficient (Wildman–Crippen LogP) is 1.37. The van der Waals surface area contributed by atoms with Crippen molar-refractivity contribution in [3.05, 3.63) is 23.8 Å². The Hall–Kier alpha value is -2.00. The van der Waals surface area contributed by atoms with Crippen LogP contribution in [0.15, 0.2) is 18.2 Å². The number of amides is 2. The number of piperidine rings is 1. The van der Waals surface area contributed by atoms with Crippen LogP contribution < -0.4 is 14.8 Å². The third-order valence-corrected chi connectivity index (χ3v) is 6.03. The molecule has 0 aromatic heterocycles. The lowest BCUT2D eigenvalue weighted by molar-refractivity contribution is 0.173. The number of rotatable bonds is 5. The first-order valence-corrected chi connectivity index (χ1v) is 10.6.